The normalized spacial score (nSPS) is 27.2. The maximum atomic E-state index is 14.1. The van der Waals surface area contributed by atoms with Crippen LogP contribution in [0.3, 0.4) is 0 Å². The Labute approximate surface area is 210 Å². The van der Waals surface area contributed by atoms with E-state index in [1.807, 2.05) is 12.1 Å². The van der Waals surface area contributed by atoms with Crippen molar-refractivity contribution in [2.75, 3.05) is 25.6 Å². The molecule has 1 aromatic heterocycles. The summed E-state index contributed by atoms with van der Waals surface area (Å²) in [6.45, 7) is 1.33. The number of aromatic nitrogens is 3. The molecule has 36 heavy (non-hydrogen) atoms. The zero-order chi connectivity index (χ0) is 24.6. The molecule has 3 N–H and O–H groups in total. The lowest BCUT2D eigenvalue weighted by Crippen LogP contribution is -2.50. The molecule has 3 heterocycles. The first-order chi connectivity index (χ1) is 17.6. The molecule has 188 valence electrons. The van der Waals surface area contributed by atoms with Gasteiger partial charge in [-0.1, -0.05) is 31.0 Å². The molecule has 9 nitrogen and oxygen atoms in total. The molecule has 1 saturated heterocycles. The van der Waals surface area contributed by atoms with Gasteiger partial charge in [-0.25, -0.2) is 0 Å². The summed E-state index contributed by atoms with van der Waals surface area (Å²) in [4.78, 5) is 29.3. The van der Waals surface area contributed by atoms with Crippen molar-refractivity contribution in [1.29, 1.82) is 0 Å². The molecule has 5 atom stereocenters. The largest absolute Gasteiger partial charge is 0.383 e. The van der Waals surface area contributed by atoms with Crippen molar-refractivity contribution in [2.45, 2.75) is 50.2 Å². The number of methoxy groups -OCH3 is 1. The van der Waals surface area contributed by atoms with Crippen LogP contribution >= 0.6 is 0 Å². The van der Waals surface area contributed by atoms with E-state index in [0.717, 1.165) is 49.9 Å². The van der Waals surface area contributed by atoms with Crippen molar-refractivity contribution >= 4 is 28.5 Å². The Kier molecular flexibility index (Phi) is 6.08. The summed E-state index contributed by atoms with van der Waals surface area (Å²) in [5.41, 5.74) is 4.16. The third-order valence-corrected chi connectivity index (χ3v) is 8.19. The monoisotopic (exact) mass is 488 g/mol. The van der Waals surface area contributed by atoms with Gasteiger partial charge in [0.1, 0.15) is 11.0 Å². The second-order valence-corrected chi connectivity index (χ2v) is 10.2. The maximum Gasteiger partial charge on any atom is 0.251 e. The van der Waals surface area contributed by atoms with Crippen molar-refractivity contribution < 1.29 is 14.3 Å². The standard InChI is InChI=1S/C27H32N6O3/c1-36-15-24-18-12-13-33(25(18)17-6-2-4-8-20(17)28-24)27(35)19-7-3-5-9-21(19)29-26(34)16-10-11-22-23(14-16)31-32-30-22/h2,4,6,8,10-11,14,18-19,21,24-25,28H,3,5,7,9,12-13,15H2,1H3,(H,29,34)(H,30,31,32)/t18-,19+,21-,24+,25+/m1/s1. The first-order valence-corrected chi connectivity index (χ1v) is 12.9. The molecule has 2 amide bonds. The Bertz CT molecular complexity index is 1280. The molecule has 0 radical (unpaired) electrons. The minimum Gasteiger partial charge on any atom is -0.383 e. The molecule has 0 spiro atoms. The quantitative estimate of drug-likeness (QED) is 0.508. The van der Waals surface area contributed by atoms with Crippen LogP contribution in [0.15, 0.2) is 42.5 Å². The van der Waals surface area contributed by atoms with Crippen LogP contribution in [0.4, 0.5) is 5.69 Å². The van der Waals surface area contributed by atoms with Gasteiger partial charge in [-0.2, -0.15) is 15.4 Å². The molecular weight excluding hydrogens is 456 g/mol. The van der Waals surface area contributed by atoms with Crippen molar-refractivity contribution in [3.8, 4) is 0 Å². The van der Waals surface area contributed by atoms with Crippen LogP contribution in [0.1, 0.15) is 54.1 Å². The van der Waals surface area contributed by atoms with Crippen LogP contribution in [-0.4, -0.2) is 64.5 Å². The molecular formula is C27H32N6O3. The topological polar surface area (TPSA) is 112 Å². The predicted molar refractivity (Wildman–Crippen MR) is 135 cm³/mol. The van der Waals surface area contributed by atoms with Crippen molar-refractivity contribution in [3.05, 3.63) is 53.6 Å². The van der Waals surface area contributed by atoms with Crippen molar-refractivity contribution in [3.63, 3.8) is 0 Å². The number of H-pyrrole nitrogens is 1. The highest BCUT2D eigenvalue weighted by Crippen LogP contribution is 2.47. The SMILES string of the molecule is COC[C@@H]1Nc2ccccc2[C@H]2[C@@H]1CCN2C(=O)[C@H]1CCCC[C@H]1NC(=O)c1ccc2n[nH]nc2c1. The fourth-order valence-corrected chi connectivity index (χ4v) is 6.47. The van der Waals surface area contributed by atoms with Crippen LogP contribution in [0.25, 0.3) is 11.0 Å². The second-order valence-electron chi connectivity index (χ2n) is 10.2. The lowest BCUT2D eigenvalue weighted by molar-refractivity contribution is -0.139. The zero-order valence-electron chi connectivity index (χ0n) is 20.4. The van der Waals surface area contributed by atoms with Crippen LogP contribution in [-0.2, 0) is 9.53 Å². The number of anilines is 1. The van der Waals surface area contributed by atoms with E-state index in [-0.39, 0.29) is 35.9 Å². The molecule has 0 bridgehead atoms. The zero-order valence-corrected chi connectivity index (χ0v) is 20.4. The molecule has 2 aliphatic heterocycles. The number of ether oxygens (including phenoxy) is 1. The van der Waals surface area contributed by atoms with E-state index in [1.54, 1.807) is 25.3 Å². The fourth-order valence-electron chi connectivity index (χ4n) is 6.47. The van der Waals surface area contributed by atoms with E-state index in [2.05, 4.69) is 43.1 Å². The number of carbonyl (C=O) groups is 2. The molecule has 3 aliphatic rings. The summed E-state index contributed by atoms with van der Waals surface area (Å²) in [6, 6.07) is 13.6. The average molecular weight is 489 g/mol. The van der Waals surface area contributed by atoms with E-state index in [1.165, 1.54) is 5.56 Å². The number of hydrogen-bond donors (Lipinski definition) is 3. The molecule has 9 heteroatoms. The number of nitrogens with zero attached hydrogens (tertiary/aromatic N) is 3. The highest BCUT2D eigenvalue weighted by Gasteiger charge is 2.48. The summed E-state index contributed by atoms with van der Waals surface area (Å²) in [7, 11) is 1.73. The highest BCUT2D eigenvalue weighted by molar-refractivity contribution is 5.97. The van der Waals surface area contributed by atoms with E-state index >= 15 is 0 Å². The Hall–Kier alpha value is -3.46. The number of hydrogen-bond acceptors (Lipinski definition) is 6. The minimum absolute atomic E-state index is 0.0305. The van der Waals surface area contributed by atoms with Gasteiger partial charge in [0.05, 0.1) is 24.6 Å². The molecule has 1 saturated carbocycles. The van der Waals surface area contributed by atoms with Crippen molar-refractivity contribution in [2.24, 2.45) is 11.8 Å². The Morgan fingerprint density at radius 2 is 1.92 bits per heavy atom. The van der Waals surface area contributed by atoms with Gasteiger partial charge in [0.25, 0.3) is 5.91 Å². The Balaban J connectivity index is 1.23. The van der Waals surface area contributed by atoms with Crippen LogP contribution in [0, 0.1) is 11.8 Å². The van der Waals surface area contributed by atoms with Crippen LogP contribution < -0.4 is 10.6 Å². The minimum atomic E-state index is -0.222. The van der Waals surface area contributed by atoms with E-state index < -0.39 is 0 Å². The lowest BCUT2D eigenvalue weighted by Gasteiger charge is -2.41. The Morgan fingerprint density at radius 3 is 2.81 bits per heavy atom. The van der Waals surface area contributed by atoms with Crippen molar-refractivity contribution in [1.82, 2.24) is 25.6 Å². The number of para-hydroxylation sites is 1. The summed E-state index contributed by atoms with van der Waals surface area (Å²) in [6.07, 6.45) is 4.54. The van der Waals surface area contributed by atoms with E-state index in [9.17, 15) is 9.59 Å². The van der Waals surface area contributed by atoms with Gasteiger partial charge in [0.2, 0.25) is 5.91 Å². The summed E-state index contributed by atoms with van der Waals surface area (Å²) >= 11 is 0. The van der Waals surface area contributed by atoms with E-state index in [4.69, 9.17) is 4.74 Å². The number of likely N-dealkylation sites (tertiary alicyclic amines) is 1. The maximum absolute atomic E-state index is 14.1. The van der Waals surface area contributed by atoms with Gasteiger partial charge >= 0.3 is 0 Å². The first kappa shape index (κ1) is 23.0. The summed E-state index contributed by atoms with van der Waals surface area (Å²) < 4.78 is 5.52. The number of nitrogens with one attached hydrogen (secondary N) is 3. The van der Waals surface area contributed by atoms with Gasteiger partial charge in [0.15, 0.2) is 0 Å². The number of benzene rings is 2. The molecule has 3 aromatic rings. The summed E-state index contributed by atoms with van der Waals surface area (Å²) in [5.74, 6) is 0.0679. The number of fused-ring (bicyclic) bond motifs is 4. The van der Waals surface area contributed by atoms with Gasteiger partial charge in [-0.15, -0.1) is 0 Å². The van der Waals surface area contributed by atoms with Crippen LogP contribution in [0.2, 0.25) is 0 Å². The fraction of sp³-hybridized carbons (Fsp3) is 0.481. The Morgan fingerprint density at radius 1 is 1.08 bits per heavy atom. The molecule has 1 aliphatic carbocycles. The number of carbonyl (C=O) groups excluding carboxylic acids is 2. The smallest absolute Gasteiger partial charge is 0.251 e. The molecule has 6 rings (SSSR count). The third kappa shape index (κ3) is 4.01. The average Bonchev–Trinajstić information content (AvgIpc) is 3.56. The number of rotatable bonds is 5. The van der Waals surface area contributed by atoms with Crippen LogP contribution in [0.5, 0.6) is 0 Å². The molecule has 0 unspecified atom stereocenters. The lowest BCUT2D eigenvalue weighted by atomic mass is 9.81. The molecule has 2 aromatic carbocycles. The molecule has 2 fully saturated rings. The number of aromatic amines is 1. The predicted octanol–water partition coefficient (Wildman–Crippen LogP) is 3.28. The number of amides is 2. The summed E-state index contributed by atoms with van der Waals surface area (Å²) in [5, 5.41) is 17.6. The third-order valence-electron chi connectivity index (χ3n) is 8.19. The first-order valence-electron chi connectivity index (χ1n) is 12.9. The van der Waals surface area contributed by atoms with Gasteiger partial charge < -0.3 is 20.3 Å². The van der Waals surface area contributed by atoms with Gasteiger partial charge in [-0.3, -0.25) is 9.59 Å². The van der Waals surface area contributed by atoms with Gasteiger partial charge in [-0.05, 0) is 49.1 Å². The highest BCUT2D eigenvalue weighted by atomic mass is 16.5. The van der Waals surface area contributed by atoms with E-state index in [0.29, 0.717) is 23.6 Å². The van der Waals surface area contributed by atoms with Gasteiger partial charge in [0, 0.05) is 36.9 Å². The second kappa shape index (κ2) is 9.54.